The smallest absolute Gasteiger partial charge is 0.0623 e. The van der Waals surface area contributed by atoms with E-state index in [1.54, 1.807) is 0 Å². The molecule has 1 aliphatic heterocycles. The highest BCUT2D eigenvalue weighted by atomic mass is 35.5. The second kappa shape index (κ2) is 7.52. The standard InChI is InChI=1S/C19H29ClN2O/c1-19(2,14-5-3-6-15(20)11-14)13-22-17-8-4-7-16(17)18-12-23-10-9-21-18/h3,5-6,11,16-18,21-22H,4,7-10,12-13H2,1-2H3. The van der Waals surface area contributed by atoms with Gasteiger partial charge >= 0.3 is 0 Å². The lowest BCUT2D eigenvalue weighted by atomic mass is 9.84. The Labute approximate surface area is 145 Å². The second-order valence-electron chi connectivity index (χ2n) is 7.61. The number of ether oxygens (including phenoxy) is 1. The molecule has 3 nitrogen and oxygen atoms in total. The molecule has 1 aliphatic carbocycles. The SMILES string of the molecule is CC(C)(CNC1CCCC1C1COCCN1)c1cccc(Cl)c1. The van der Waals surface area contributed by atoms with Gasteiger partial charge in [0.05, 0.1) is 13.2 Å². The summed E-state index contributed by atoms with van der Waals surface area (Å²) in [6.45, 7) is 8.25. The van der Waals surface area contributed by atoms with Gasteiger partial charge in [0.15, 0.2) is 0 Å². The Kier molecular flexibility index (Phi) is 5.63. The van der Waals surface area contributed by atoms with E-state index in [4.69, 9.17) is 16.3 Å². The normalized spacial score (nSPS) is 28.9. The van der Waals surface area contributed by atoms with E-state index >= 15 is 0 Å². The summed E-state index contributed by atoms with van der Waals surface area (Å²) in [5.41, 5.74) is 1.38. The Bertz CT molecular complexity index is 514. The lowest BCUT2D eigenvalue weighted by Crippen LogP contribution is -2.52. The third kappa shape index (κ3) is 4.27. The lowest BCUT2D eigenvalue weighted by Gasteiger charge is -2.35. The van der Waals surface area contributed by atoms with Gasteiger partial charge in [-0.05, 0) is 36.5 Å². The van der Waals surface area contributed by atoms with Crippen molar-refractivity contribution in [1.82, 2.24) is 10.6 Å². The molecule has 23 heavy (non-hydrogen) atoms. The van der Waals surface area contributed by atoms with Crippen LogP contribution in [0.3, 0.4) is 0 Å². The van der Waals surface area contributed by atoms with Crippen molar-refractivity contribution in [3.63, 3.8) is 0 Å². The van der Waals surface area contributed by atoms with Crippen molar-refractivity contribution in [2.75, 3.05) is 26.3 Å². The molecule has 0 radical (unpaired) electrons. The summed E-state index contributed by atoms with van der Waals surface area (Å²) in [7, 11) is 0. The summed E-state index contributed by atoms with van der Waals surface area (Å²) in [6, 6.07) is 9.35. The van der Waals surface area contributed by atoms with Gasteiger partial charge in [0.2, 0.25) is 0 Å². The largest absolute Gasteiger partial charge is 0.379 e. The summed E-state index contributed by atoms with van der Waals surface area (Å²) in [6.07, 6.45) is 3.89. The number of hydrogen-bond acceptors (Lipinski definition) is 3. The van der Waals surface area contributed by atoms with Gasteiger partial charge in [-0.1, -0.05) is 44.0 Å². The second-order valence-corrected chi connectivity index (χ2v) is 8.05. The minimum absolute atomic E-state index is 0.0779. The van der Waals surface area contributed by atoms with E-state index in [1.807, 2.05) is 12.1 Å². The number of rotatable bonds is 5. The molecule has 0 amide bonds. The monoisotopic (exact) mass is 336 g/mol. The van der Waals surface area contributed by atoms with Gasteiger partial charge in [0.25, 0.3) is 0 Å². The molecular weight excluding hydrogens is 308 g/mol. The van der Waals surface area contributed by atoms with Crippen molar-refractivity contribution in [3.05, 3.63) is 34.9 Å². The predicted molar refractivity (Wildman–Crippen MR) is 96.2 cm³/mol. The molecule has 0 spiro atoms. The van der Waals surface area contributed by atoms with Crippen LogP contribution >= 0.6 is 11.6 Å². The lowest BCUT2D eigenvalue weighted by molar-refractivity contribution is 0.0522. The molecule has 4 heteroatoms. The van der Waals surface area contributed by atoms with E-state index in [2.05, 4.69) is 36.6 Å². The molecule has 1 saturated heterocycles. The molecule has 3 unspecified atom stereocenters. The highest BCUT2D eigenvalue weighted by Gasteiger charge is 2.35. The number of halogens is 1. The quantitative estimate of drug-likeness (QED) is 0.865. The first-order valence-electron chi connectivity index (χ1n) is 8.87. The van der Waals surface area contributed by atoms with Crippen LogP contribution in [0, 0.1) is 5.92 Å². The van der Waals surface area contributed by atoms with Gasteiger partial charge in [0.1, 0.15) is 0 Å². The van der Waals surface area contributed by atoms with Crippen molar-refractivity contribution in [3.8, 4) is 0 Å². The van der Waals surface area contributed by atoms with E-state index in [9.17, 15) is 0 Å². The first-order chi connectivity index (χ1) is 11.1. The van der Waals surface area contributed by atoms with E-state index in [1.165, 1.54) is 24.8 Å². The molecule has 3 atom stereocenters. The summed E-state index contributed by atoms with van der Waals surface area (Å²) < 4.78 is 5.67. The molecule has 2 aliphatic rings. The van der Waals surface area contributed by atoms with Crippen molar-refractivity contribution >= 4 is 11.6 Å². The van der Waals surface area contributed by atoms with Crippen LogP contribution in [0.1, 0.15) is 38.7 Å². The highest BCUT2D eigenvalue weighted by Crippen LogP contribution is 2.31. The van der Waals surface area contributed by atoms with Crippen LogP contribution in [0.4, 0.5) is 0 Å². The minimum Gasteiger partial charge on any atom is -0.379 e. The van der Waals surface area contributed by atoms with Gasteiger partial charge in [-0.2, -0.15) is 0 Å². The van der Waals surface area contributed by atoms with Crippen molar-refractivity contribution in [1.29, 1.82) is 0 Å². The van der Waals surface area contributed by atoms with Crippen molar-refractivity contribution in [2.24, 2.45) is 5.92 Å². The maximum Gasteiger partial charge on any atom is 0.0623 e. The molecule has 3 rings (SSSR count). The molecule has 1 aromatic rings. The minimum atomic E-state index is 0.0779. The fourth-order valence-corrected chi connectivity index (χ4v) is 4.17. The Morgan fingerprint density at radius 1 is 1.35 bits per heavy atom. The Morgan fingerprint density at radius 3 is 2.96 bits per heavy atom. The highest BCUT2D eigenvalue weighted by molar-refractivity contribution is 6.30. The Balaban J connectivity index is 1.60. The zero-order chi connectivity index (χ0) is 16.3. The first kappa shape index (κ1) is 17.2. The van der Waals surface area contributed by atoms with E-state index in [0.29, 0.717) is 18.0 Å². The van der Waals surface area contributed by atoms with Crippen LogP contribution in [-0.2, 0) is 10.2 Å². The van der Waals surface area contributed by atoms with Crippen LogP contribution in [-0.4, -0.2) is 38.4 Å². The molecule has 128 valence electrons. The van der Waals surface area contributed by atoms with Crippen molar-refractivity contribution in [2.45, 2.75) is 50.6 Å². The predicted octanol–water partition coefficient (Wildman–Crippen LogP) is 3.36. The third-order valence-electron chi connectivity index (χ3n) is 5.45. The molecule has 2 fully saturated rings. The van der Waals surface area contributed by atoms with Gasteiger partial charge in [-0.25, -0.2) is 0 Å². The summed E-state index contributed by atoms with van der Waals surface area (Å²) in [4.78, 5) is 0. The first-order valence-corrected chi connectivity index (χ1v) is 9.25. The molecule has 1 aromatic carbocycles. The topological polar surface area (TPSA) is 33.3 Å². The molecule has 0 aromatic heterocycles. The van der Waals surface area contributed by atoms with E-state index in [-0.39, 0.29) is 5.41 Å². The van der Waals surface area contributed by atoms with Crippen LogP contribution in [0.2, 0.25) is 5.02 Å². The zero-order valence-electron chi connectivity index (χ0n) is 14.3. The van der Waals surface area contributed by atoms with Gasteiger partial charge < -0.3 is 15.4 Å². The number of hydrogen-bond donors (Lipinski definition) is 2. The number of nitrogens with one attached hydrogen (secondary N) is 2. The van der Waals surface area contributed by atoms with E-state index in [0.717, 1.165) is 31.3 Å². The fraction of sp³-hybridized carbons (Fsp3) is 0.684. The number of benzene rings is 1. The maximum atomic E-state index is 6.16. The van der Waals surface area contributed by atoms with Gasteiger partial charge in [-0.3, -0.25) is 0 Å². The number of morpholine rings is 1. The maximum absolute atomic E-state index is 6.16. The average molecular weight is 337 g/mol. The summed E-state index contributed by atoms with van der Waals surface area (Å²) in [5.74, 6) is 0.686. The Morgan fingerprint density at radius 2 is 2.22 bits per heavy atom. The van der Waals surface area contributed by atoms with Gasteiger partial charge in [-0.15, -0.1) is 0 Å². The zero-order valence-corrected chi connectivity index (χ0v) is 15.0. The van der Waals surface area contributed by atoms with Crippen molar-refractivity contribution < 1.29 is 4.74 Å². The molecule has 2 N–H and O–H groups in total. The summed E-state index contributed by atoms with van der Waals surface area (Å²) >= 11 is 6.16. The average Bonchev–Trinajstić information content (AvgIpc) is 3.02. The van der Waals surface area contributed by atoms with Crippen LogP contribution in [0.15, 0.2) is 24.3 Å². The fourth-order valence-electron chi connectivity index (χ4n) is 3.98. The molecule has 1 saturated carbocycles. The summed E-state index contributed by atoms with van der Waals surface area (Å²) in [5, 5.41) is 8.31. The van der Waals surface area contributed by atoms with Crippen LogP contribution in [0.5, 0.6) is 0 Å². The van der Waals surface area contributed by atoms with E-state index < -0.39 is 0 Å². The molecular formula is C19H29ClN2O. The Hall–Kier alpha value is -0.610. The van der Waals surface area contributed by atoms with Crippen LogP contribution in [0.25, 0.3) is 0 Å². The third-order valence-corrected chi connectivity index (χ3v) is 5.68. The van der Waals surface area contributed by atoms with Crippen LogP contribution < -0.4 is 10.6 Å². The molecule has 1 heterocycles. The van der Waals surface area contributed by atoms with Gasteiger partial charge in [0, 0.05) is 35.6 Å². The molecule has 0 bridgehead atoms.